The quantitative estimate of drug-likeness (QED) is 0.483. The third-order valence-electron chi connectivity index (χ3n) is 3.91. The van der Waals surface area contributed by atoms with Gasteiger partial charge in [-0.3, -0.25) is 9.59 Å². The fourth-order valence-electron chi connectivity index (χ4n) is 2.67. The van der Waals surface area contributed by atoms with E-state index in [2.05, 4.69) is 13.8 Å². The minimum Gasteiger partial charge on any atom is -0.466 e. The van der Waals surface area contributed by atoms with Crippen molar-refractivity contribution in [2.75, 3.05) is 13.7 Å². The number of carbonyl (C=O) groups excluding carboxylic acids is 2. The highest BCUT2D eigenvalue weighted by Gasteiger charge is 2.24. The van der Waals surface area contributed by atoms with Gasteiger partial charge in [-0.15, -0.1) is 0 Å². The molecule has 0 aromatic rings. The minimum atomic E-state index is -0.126. The van der Waals surface area contributed by atoms with Gasteiger partial charge in [0.25, 0.3) is 0 Å². The van der Waals surface area contributed by atoms with Crippen molar-refractivity contribution < 1.29 is 19.1 Å². The number of esters is 1. The Morgan fingerprint density at radius 2 is 2.10 bits per heavy atom. The van der Waals surface area contributed by atoms with Crippen molar-refractivity contribution in [2.45, 2.75) is 65.4 Å². The number of hydrogen-bond donors (Lipinski definition) is 0. The molecule has 0 saturated heterocycles. The summed E-state index contributed by atoms with van der Waals surface area (Å²) < 4.78 is 10.2. The number of rotatable bonds is 9. The van der Waals surface area contributed by atoms with Gasteiger partial charge in [0.2, 0.25) is 0 Å². The van der Waals surface area contributed by atoms with Gasteiger partial charge in [-0.05, 0) is 43.3 Å². The van der Waals surface area contributed by atoms with Gasteiger partial charge in [0, 0.05) is 13.5 Å². The Morgan fingerprint density at radius 1 is 1.38 bits per heavy atom. The summed E-state index contributed by atoms with van der Waals surface area (Å²) in [4.78, 5) is 23.3. The lowest BCUT2D eigenvalue weighted by atomic mass is 9.83. The number of Topliss-reactive ketones (excluding diaryl/α,β-unsaturated/α-hetero) is 1. The Balaban J connectivity index is 2.27. The molecule has 0 aromatic heterocycles. The zero-order valence-corrected chi connectivity index (χ0v) is 13.7. The van der Waals surface area contributed by atoms with Crippen molar-refractivity contribution >= 4 is 11.8 Å². The van der Waals surface area contributed by atoms with Gasteiger partial charge < -0.3 is 9.47 Å². The molecule has 1 unspecified atom stereocenters. The predicted octanol–water partition coefficient (Wildman–Crippen LogP) is 3.44. The molecule has 0 amide bonds. The van der Waals surface area contributed by atoms with E-state index in [1.807, 2.05) is 13.0 Å². The molecule has 0 spiro atoms. The van der Waals surface area contributed by atoms with Gasteiger partial charge in [-0.1, -0.05) is 20.3 Å². The van der Waals surface area contributed by atoms with Crippen molar-refractivity contribution in [1.29, 1.82) is 0 Å². The molecule has 120 valence electrons. The van der Waals surface area contributed by atoms with Crippen molar-refractivity contribution in [3.8, 4) is 0 Å². The van der Waals surface area contributed by atoms with E-state index in [0.717, 1.165) is 31.3 Å². The summed E-state index contributed by atoms with van der Waals surface area (Å²) in [7, 11) is 1.63. The Bertz CT molecular complexity index is 396. The van der Waals surface area contributed by atoms with E-state index in [0.29, 0.717) is 19.4 Å². The van der Waals surface area contributed by atoms with Gasteiger partial charge in [-0.2, -0.15) is 0 Å². The van der Waals surface area contributed by atoms with Crippen LogP contribution in [-0.2, 0) is 19.1 Å². The average Bonchev–Trinajstić information content (AvgIpc) is 2.75. The maximum Gasteiger partial charge on any atom is 0.306 e. The van der Waals surface area contributed by atoms with Crippen LogP contribution in [0.15, 0.2) is 11.6 Å². The van der Waals surface area contributed by atoms with Crippen LogP contribution in [0.2, 0.25) is 0 Å². The van der Waals surface area contributed by atoms with Gasteiger partial charge in [0.1, 0.15) is 0 Å². The van der Waals surface area contributed by atoms with E-state index in [1.165, 1.54) is 0 Å². The Hall–Kier alpha value is -1.16. The van der Waals surface area contributed by atoms with Crippen LogP contribution < -0.4 is 0 Å². The normalized spacial score (nSPS) is 18.8. The molecule has 0 aliphatic heterocycles. The average molecular weight is 296 g/mol. The molecule has 1 atom stereocenters. The standard InChI is InChI=1S/C17H28O4/c1-5-21-16(19)12-17(2,3)9-7-6-8-13-10-14(20-4)11-15(13)18/h10,14H,5-9,11-12H2,1-4H3. The van der Waals surface area contributed by atoms with Crippen molar-refractivity contribution in [3.63, 3.8) is 0 Å². The van der Waals surface area contributed by atoms with Crippen LogP contribution in [-0.4, -0.2) is 31.6 Å². The number of ketones is 1. The molecule has 21 heavy (non-hydrogen) atoms. The zero-order chi connectivity index (χ0) is 15.9. The lowest BCUT2D eigenvalue weighted by molar-refractivity contribution is -0.145. The lowest BCUT2D eigenvalue weighted by Crippen LogP contribution is -2.19. The van der Waals surface area contributed by atoms with Crippen LogP contribution in [0.1, 0.15) is 59.3 Å². The molecule has 0 fully saturated rings. The smallest absolute Gasteiger partial charge is 0.306 e. The first-order valence-corrected chi connectivity index (χ1v) is 7.80. The van der Waals surface area contributed by atoms with Crippen LogP contribution in [0.5, 0.6) is 0 Å². The topological polar surface area (TPSA) is 52.6 Å². The molecular weight excluding hydrogens is 268 g/mol. The van der Waals surface area contributed by atoms with Crippen molar-refractivity contribution in [1.82, 2.24) is 0 Å². The molecule has 0 bridgehead atoms. The minimum absolute atomic E-state index is 0.0345. The first-order valence-electron chi connectivity index (χ1n) is 7.80. The predicted molar refractivity (Wildman–Crippen MR) is 82.0 cm³/mol. The molecule has 0 aromatic carbocycles. The van der Waals surface area contributed by atoms with E-state index in [4.69, 9.17) is 9.47 Å². The molecule has 4 heteroatoms. The summed E-state index contributed by atoms with van der Waals surface area (Å²) in [6.07, 6.45) is 6.61. The van der Waals surface area contributed by atoms with Crippen molar-refractivity contribution in [3.05, 3.63) is 11.6 Å². The van der Waals surface area contributed by atoms with E-state index in [1.54, 1.807) is 7.11 Å². The molecule has 0 radical (unpaired) electrons. The third-order valence-corrected chi connectivity index (χ3v) is 3.91. The first-order chi connectivity index (χ1) is 9.88. The number of allylic oxidation sites excluding steroid dienone is 1. The van der Waals surface area contributed by atoms with E-state index < -0.39 is 0 Å². The zero-order valence-electron chi connectivity index (χ0n) is 13.7. The van der Waals surface area contributed by atoms with E-state index in [-0.39, 0.29) is 23.3 Å². The maximum atomic E-state index is 11.7. The highest BCUT2D eigenvalue weighted by Crippen LogP contribution is 2.29. The van der Waals surface area contributed by atoms with Crippen LogP contribution >= 0.6 is 0 Å². The van der Waals surface area contributed by atoms with E-state index >= 15 is 0 Å². The summed E-state index contributed by atoms with van der Waals surface area (Å²) in [5.74, 6) is 0.0896. The monoisotopic (exact) mass is 296 g/mol. The number of ether oxygens (including phenoxy) is 2. The van der Waals surface area contributed by atoms with Gasteiger partial charge >= 0.3 is 5.97 Å². The third kappa shape index (κ3) is 6.42. The Morgan fingerprint density at radius 3 is 2.67 bits per heavy atom. The summed E-state index contributed by atoms with van der Waals surface area (Å²) in [6, 6.07) is 0. The molecule has 0 N–H and O–H groups in total. The second-order valence-electron chi connectivity index (χ2n) is 6.45. The molecule has 1 aliphatic rings. The molecule has 4 nitrogen and oxygen atoms in total. The number of carbonyl (C=O) groups is 2. The van der Waals surface area contributed by atoms with Gasteiger partial charge in [0.15, 0.2) is 5.78 Å². The van der Waals surface area contributed by atoms with Crippen LogP contribution in [0.4, 0.5) is 0 Å². The van der Waals surface area contributed by atoms with Crippen molar-refractivity contribution in [2.24, 2.45) is 5.41 Å². The Labute approximate surface area is 127 Å². The van der Waals surface area contributed by atoms with Crippen LogP contribution in [0.25, 0.3) is 0 Å². The van der Waals surface area contributed by atoms with Gasteiger partial charge in [-0.25, -0.2) is 0 Å². The number of unbranched alkanes of at least 4 members (excludes halogenated alkanes) is 1. The highest BCUT2D eigenvalue weighted by atomic mass is 16.5. The number of hydrogen-bond acceptors (Lipinski definition) is 4. The van der Waals surface area contributed by atoms with Gasteiger partial charge in [0.05, 0.1) is 19.1 Å². The largest absolute Gasteiger partial charge is 0.466 e. The molecule has 0 heterocycles. The summed E-state index contributed by atoms with van der Waals surface area (Å²) in [6.45, 7) is 6.44. The molecular formula is C17H28O4. The lowest BCUT2D eigenvalue weighted by Gasteiger charge is -2.23. The van der Waals surface area contributed by atoms with Crippen LogP contribution in [0.3, 0.4) is 0 Å². The maximum absolute atomic E-state index is 11.7. The fourth-order valence-corrected chi connectivity index (χ4v) is 2.67. The first kappa shape index (κ1) is 17.9. The molecule has 1 rings (SSSR count). The molecule has 0 saturated carbocycles. The molecule has 1 aliphatic carbocycles. The fraction of sp³-hybridized carbons (Fsp3) is 0.765. The second kappa shape index (κ2) is 8.32. The number of methoxy groups -OCH3 is 1. The summed E-state index contributed by atoms with van der Waals surface area (Å²) in [5, 5.41) is 0. The Kier molecular flexibility index (Phi) is 7.09. The van der Waals surface area contributed by atoms with E-state index in [9.17, 15) is 9.59 Å². The van der Waals surface area contributed by atoms with Crippen LogP contribution in [0, 0.1) is 5.41 Å². The highest BCUT2D eigenvalue weighted by molar-refractivity contribution is 5.98. The second-order valence-corrected chi connectivity index (χ2v) is 6.45. The SMILES string of the molecule is CCOC(=O)CC(C)(C)CCCCC1=CC(OC)CC1=O. The summed E-state index contributed by atoms with van der Waals surface area (Å²) in [5.41, 5.74) is 0.861. The summed E-state index contributed by atoms with van der Waals surface area (Å²) >= 11 is 0.